The molecule has 0 radical (unpaired) electrons. The van der Waals surface area contributed by atoms with E-state index in [2.05, 4.69) is 16.0 Å². The first-order chi connectivity index (χ1) is 19.3. The molecule has 0 aliphatic carbocycles. The molecule has 0 saturated carbocycles. The van der Waals surface area contributed by atoms with Crippen molar-refractivity contribution in [3.8, 4) is 5.75 Å². The van der Waals surface area contributed by atoms with E-state index in [0.29, 0.717) is 34.4 Å². The van der Waals surface area contributed by atoms with Crippen LogP contribution < -0.4 is 4.74 Å². The summed E-state index contributed by atoms with van der Waals surface area (Å²) in [4.78, 5) is 22.0. The summed E-state index contributed by atoms with van der Waals surface area (Å²) in [6, 6.07) is 5.85. The quantitative estimate of drug-likeness (QED) is 0.481. The van der Waals surface area contributed by atoms with Gasteiger partial charge in [-0.05, 0) is 86.4 Å². The van der Waals surface area contributed by atoms with Gasteiger partial charge in [-0.25, -0.2) is 8.42 Å². The molecule has 5 rings (SSSR count). The second-order valence-corrected chi connectivity index (χ2v) is 13.2. The Morgan fingerprint density at radius 1 is 1.02 bits per heavy atom. The summed E-state index contributed by atoms with van der Waals surface area (Å²) in [6.07, 6.45) is 9.28. The third-order valence-corrected chi connectivity index (χ3v) is 11.0. The number of methoxy groups -OCH3 is 1. The Balaban J connectivity index is 1.13. The molecule has 9 nitrogen and oxygen atoms in total. The monoisotopic (exact) mass is 570 g/mol. The maximum absolute atomic E-state index is 13.8. The summed E-state index contributed by atoms with van der Waals surface area (Å²) < 4.78 is 40.3. The fraction of sp³-hybridized carbons (Fsp3) is 0.600. The maximum atomic E-state index is 13.8. The number of rotatable bonds is 8. The number of pyridine rings is 1. The molecule has 0 bridgehead atoms. The second-order valence-electron chi connectivity index (χ2n) is 11.3. The highest BCUT2D eigenvalue weighted by Crippen LogP contribution is 2.32. The van der Waals surface area contributed by atoms with Gasteiger partial charge in [-0.2, -0.15) is 4.31 Å². The molecule has 4 heterocycles. The first-order valence-corrected chi connectivity index (χ1v) is 15.9. The molecule has 218 valence electrons. The Kier molecular flexibility index (Phi) is 9.09. The number of hydrogen-bond acceptors (Lipinski definition) is 7. The summed E-state index contributed by atoms with van der Waals surface area (Å²) in [5.74, 6) is 0.634. The van der Waals surface area contributed by atoms with Gasteiger partial charge in [0.2, 0.25) is 15.9 Å². The van der Waals surface area contributed by atoms with E-state index in [1.807, 2.05) is 17.3 Å². The topological polar surface area (TPSA) is 92.3 Å². The van der Waals surface area contributed by atoms with E-state index in [9.17, 15) is 13.2 Å². The zero-order valence-electron chi connectivity index (χ0n) is 24.0. The number of aromatic nitrogens is 1. The van der Waals surface area contributed by atoms with Crippen LogP contribution in [0.1, 0.15) is 54.4 Å². The van der Waals surface area contributed by atoms with Crippen molar-refractivity contribution in [1.29, 1.82) is 0 Å². The van der Waals surface area contributed by atoms with Gasteiger partial charge in [-0.15, -0.1) is 0 Å². The fourth-order valence-electron chi connectivity index (χ4n) is 6.57. The van der Waals surface area contributed by atoms with Crippen LogP contribution in [0.25, 0.3) is 0 Å². The first kappa shape index (κ1) is 29.0. The summed E-state index contributed by atoms with van der Waals surface area (Å²) in [5.41, 5.74) is 4.06. The number of carbonyl (C=O) groups excluding carboxylic acids is 1. The van der Waals surface area contributed by atoms with Gasteiger partial charge < -0.3 is 14.4 Å². The number of hydrogen-bond donors (Lipinski definition) is 0. The van der Waals surface area contributed by atoms with Crippen molar-refractivity contribution in [3.63, 3.8) is 0 Å². The zero-order valence-corrected chi connectivity index (χ0v) is 24.8. The van der Waals surface area contributed by atoms with Gasteiger partial charge in [0.25, 0.3) is 0 Å². The molecule has 2 fully saturated rings. The first-order valence-electron chi connectivity index (χ1n) is 14.5. The molecule has 1 aromatic heterocycles. The largest absolute Gasteiger partial charge is 0.497 e. The molecule has 1 aromatic carbocycles. The molecule has 40 heavy (non-hydrogen) atoms. The number of ether oxygens (including phenoxy) is 2. The minimum atomic E-state index is -3.71. The van der Waals surface area contributed by atoms with Crippen molar-refractivity contribution in [2.24, 2.45) is 0 Å². The second kappa shape index (κ2) is 12.5. The van der Waals surface area contributed by atoms with Gasteiger partial charge in [0.05, 0.1) is 18.6 Å². The van der Waals surface area contributed by atoms with Gasteiger partial charge in [0, 0.05) is 57.2 Å². The average molecular weight is 571 g/mol. The minimum Gasteiger partial charge on any atom is -0.497 e. The van der Waals surface area contributed by atoms with Crippen molar-refractivity contribution >= 4 is 15.9 Å². The number of piperidine rings is 2. The van der Waals surface area contributed by atoms with E-state index in [-0.39, 0.29) is 25.2 Å². The Labute approximate surface area is 238 Å². The predicted molar refractivity (Wildman–Crippen MR) is 153 cm³/mol. The highest BCUT2D eigenvalue weighted by atomic mass is 32.2. The third kappa shape index (κ3) is 6.20. The van der Waals surface area contributed by atoms with E-state index in [1.165, 1.54) is 11.1 Å². The molecule has 1 amide bonds. The van der Waals surface area contributed by atoms with Crippen LogP contribution in [-0.2, 0) is 32.5 Å². The molecule has 0 N–H and O–H groups in total. The third-order valence-electron chi connectivity index (χ3n) is 8.73. The van der Waals surface area contributed by atoms with E-state index in [0.717, 1.165) is 64.7 Å². The molecule has 0 spiro atoms. The number of amides is 1. The number of nitrogens with zero attached hydrogens (tertiary/aromatic N) is 4. The molecule has 10 heteroatoms. The van der Waals surface area contributed by atoms with Gasteiger partial charge in [0.1, 0.15) is 12.4 Å². The van der Waals surface area contributed by atoms with Gasteiger partial charge in [0.15, 0.2) is 0 Å². The Hall–Kier alpha value is -2.53. The lowest BCUT2D eigenvalue weighted by atomic mass is 9.96. The van der Waals surface area contributed by atoms with Gasteiger partial charge >= 0.3 is 0 Å². The lowest BCUT2D eigenvalue weighted by Crippen LogP contribution is -2.49. The number of likely N-dealkylation sites (tertiary alicyclic amines) is 1. The van der Waals surface area contributed by atoms with Gasteiger partial charge in [-0.1, -0.05) is 6.42 Å². The molecule has 1 unspecified atom stereocenters. The number of fused-ring (bicyclic) bond motifs is 1. The summed E-state index contributed by atoms with van der Waals surface area (Å²) in [6.45, 7) is 7.73. The zero-order chi connectivity index (χ0) is 28.3. The maximum Gasteiger partial charge on any atom is 0.248 e. The molecule has 3 aliphatic rings. The standard InChI is InChI=1S/C30H42N4O5S/c1-22-16-28(38-3)17-23(2)30(22)40(36,37)34-12-5-4-6-27(34)20-39-21-29(35)32-14-9-26(10-15-32)33-13-8-24-18-31-11-7-25(24)19-33/h7,11,16-18,26-27H,4-6,8-10,12-15,19-21H2,1-3H3. The van der Waals surface area contributed by atoms with Gasteiger partial charge in [-0.3, -0.25) is 14.7 Å². The molecule has 3 aliphatic heterocycles. The van der Waals surface area contributed by atoms with Crippen LogP contribution in [0.5, 0.6) is 5.75 Å². The van der Waals surface area contributed by atoms with Crippen LogP contribution in [0.4, 0.5) is 0 Å². The van der Waals surface area contributed by atoms with Crippen LogP contribution in [0.3, 0.4) is 0 Å². The number of sulfonamides is 1. The van der Waals surface area contributed by atoms with Crippen molar-refractivity contribution < 1.29 is 22.7 Å². The normalized spacial score (nSPS) is 21.3. The smallest absolute Gasteiger partial charge is 0.248 e. The predicted octanol–water partition coefficient (Wildman–Crippen LogP) is 3.32. The minimum absolute atomic E-state index is 0.0134. The van der Waals surface area contributed by atoms with Crippen LogP contribution in [0, 0.1) is 13.8 Å². The lowest BCUT2D eigenvalue weighted by molar-refractivity contribution is -0.138. The number of carbonyl (C=O) groups is 1. The molecule has 1 atom stereocenters. The van der Waals surface area contributed by atoms with Crippen LogP contribution in [0.15, 0.2) is 35.5 Å². The highest BCUT2D eigenvalue weighted by Gasteiger charge is 2.36. The van der Waals surface area contributed by atoms with Crippen LogP contribution >= 0.6 is 0 Å². The van der Waals surface area contributed by atoms with E-state index in [4.69, 9.17) is 9.47 Å². The Morgan fingerprint density at radius 2 is 1.77 bits per heavy atom. The average Bonchev–Trinajstić information content (AvgIpc) is 2.96. The summed E-state index contributed by atoms with van der Waals surface area (Å²) in [7, 11) is -2.13. The SMILES string of the molecule is COc1cc(C)c(S(=O)(=O)N2CCCCC2COCC(=O)N2CCC(N3CCc4cnccc4C3)CC2)c(C)c1. The lowest BCUT2D eigenvalue weighted by Gasteiger charge is -2.40. The van der Waals surface area contributed by atoms with Crippen molar-refractivity contribution in [3.05, 3.63) is 52.8 Å². The Morgan fingerprint density at radius 3 is 2.50 bits per heavy atom. The number of benzene rings is 1. The van der Waals surface area contributed by atoms with Crippen molar-refractivity contribution in [1.82, 2.24) is 19.1 Å². The van der Waals surface area contributed by atoms with E-state index in [1.54, 1.807) is 37.4 Å². The van der Waals surface area contributed by atoms with E-state index < -0.39 is 10.0 Å². The van der Waals surface area contributed by atoms with Crippen molar-refractivity contribution in [2.75, 3.05) is 46.5 Å². The molecule has 2 aromatic rings. The molecular formula is C30H42N4O5S. The van der Waals surface area contributed by atoms with E-state index >= 15 is 0 Å². The van der Waals surface area contributed by atoms with Crippen LogP contribution in [0.2, 0.25) is 0 Å². The summed E-state index contributed by atoms with van der Waals surface area (Å²) in [5, 5.41) is 0. The number of aryl methyl sites for hydroxylation is 2. The van der Waals surface area contributed by atoms with Crippen molar-refractivity contribution in [2.45, 2.75) is 75.9 Å². The fourth-order valence-corrected chi connectivity index (χ4v) is 8.67. The highest BCUT2D eigenvalue weighted by molar-refractivity contribution is 7.89. The Bertz CT molecular complexity index is 1290. The summed E-state index contributed by atoms with van der Waals surface area (Å²) >= 11 is 0. The van der Waals surface area contributed by atoms with Crippen LogP contribution in [-0.4, -0.2) is 92.0 Å². The molecular weight excluding hydrogens is 528 g/mol. The molecule has 2 saturated heterocycles.